The van der Waals surface area contributed by atoms with E-state index in [1.54, 1.807) is 6.07 Å². The zero-order valence-corrected chi connectivity index (χ0v) is 11.4. The molecule has 102 valence electrons. The molecule has 18 heavy (non-hydrogen) atoms. The maximum absolute atomic E-state index is 11.0. The number of rotatable bonds is 5. The zero-order chi connectivity index (χ0) is 13.0. The number of aromatic carboxylic acids is 1. The molecule has 1 atom stereocenters. The molecule has 0 bridgehead atoms. The van der Waals surface area contributed by atoms with Crippen molar-refractivity contribution in [2.24, 2.45) is 5.73 Å². The highest BCUT2D eigenvalue weighted by Crippen LogP contribution is 2.29. The van der Waals surface area contributed by atoms with Gasteiger partial charge in [-0.05, 0) is 31.0 Å². The van der Waals surface area contributed by atoms with Crippen LogP contribution in [0.2, 0.25) is 0 Å². The number of carboxylic acids is 1. The Balaban J connectivity index is 0.00000289. The van der Waals surface area contributed by atoms with Crippen LogP contribution in [-0.4, -0.2) is 31.3 Å². The Hall–Kier alpha value is -1.46. The quantitative estimate of drug-likeness (QED) is 0.855. The van der Waals surface area contributed by atoms with Crippen LogP contribution in [0.5, 0.6) is 11.5 Å². The molecule has 0 radical (unpaired) electrons. The van der Waals surface area contributed by atoms with Crippen molar-refractivity contribution >= 4 is 18.4 Å². The first-order valence-corrected chi connectivity index (χ1v) is 5.23. The number of halogens is 1. The summed E-state index contributed by atoms with van der Waals surface area (Å²) in [6.07, 6.45) is 0.597. The Labute approximate surface area is 112 Å². The van der Waals surface area contributed by atoms with Crippen molar-refractivity contribution in [3.8, 4) is 11.5 Å². The molecule has 0 aliphatic heterocycles. The van der Waals surface area contributed by atoms with Crippen LogP contribution in [0.4, 0.5) is 0 Å². The molecule has 1 rings (SSSR count). The fourth-order valence-corrected chi connectivity index (χ4v) is 1.63. The summed E-state index contributed by atoms with van der Waals surface area (Å²) < 4.78 is 10.2. The van der Waals surface area contributed by atoms with E-state index in [2.05, 4.69) is 0 Å². The number of hydrogen-bond donors (Lipinski definition) is 2. The van der Waals surface area contributed by atoms with Gasteiger partial charge in [0, 0.05) is 6.04 Å². The molecule has 5 nitrogen and oxygen atoms in total. The molecular weight excluding hydrogens is 258 g/mol. The standard InChI is InChI=1S/C12H17NO4.ClH/c1-7(13)4-8-5-11(17-3)9(12(14)15)6-10(8)16-2;/h5-7H,4,13H2,1-3H3,(H,14,15);1H. The predicted molar refractivity (Wildman–Crippen MR) is 71.1 cm³/mol. The van der Waals surface area contributed by atoms with Crippen molar-refractivity contribution in [2.45, 2.75) is 19.4 Å². The summed E-state index contributed by atoms with van der Waals surface area (Å²) in [4.78, 5) is 11.0. The highest BCUT2D eigenvalue weighted by molar-refractivity contribution is 5.91. The van der Waals surface area contributed by atoms with E-state index in [0.29, 0.717) is 17.9 Å². The van der Waals surface area contributed by atoms with Gasteiger partial charge in [0.1, 0.15) is 17.1 Å². The minimum absolute atomic E-state index is 0. The van der Waals surface area contributed by atoms with Crippen molar-refractivity contribution in [1.82, 2.24) is 0 Å². The van der Waals surface area contributed by atoms with Gasteiger partial charge in [0.25, 0.3) is 0 Å². The maximum atomic E-state index is 11.0. The third-order valence-corrected chi connectivity index (χ3v) is 2.37. The molecule has 1 unspecified atom stereocenters. The molecule has 0 aliphatic rings. The van der Waals surface area contributed by atoms with E-state index >= 15 is 0 Å². The smallest absolute Gasteiger partial charge is 0.339 e. The summed E-state index contributed by atoms with van der Waals surface area (Å²) in [5.41, 5.74) is 6.64. The van der Waals surface area contributed by atoms with Gasteiger partial charge < -0.3 is 20.3 Å². The Bertz CT molecular complexity index is 421. The summed E-state index contributed by atoms with van der Waals surface area (Å²) in [6.45, 7) is 1.87. The Morgan fingerprint density at radius 2 is 1.89 bits per heavy atom. The Morgan fingerprint density at radius 3 is 2.28 bits per heavy atom. The number of carbonyl (C=O) groups is 1. The van der Waals surface area contributed by atoms with Crippen LogP contribution in [-0.2, 0) is 6.42 Å². The minimum atomic E-state index is -1.05. The molecule has 1 aromatic carbocycles. The second-order valence-corrected chi connectivity index (χ2v) is 3.85. The second kappa shape index (κ2) is 7.08. The van der Waals surface area contributed by atoms with Crippen LogP contribution in [0.25, 0.3) is 0 Å². The summed E-state index contributed by atoms with van der Waals surface area (Å²) in [6, 6.07) is 3.08. The number of carboxylic acid groups (broad SMARTS) is 1. The number of methoxy groups -OCH3 is 2. The van der Waals surface area contributed by atoms with Crippen molar-refractivity contribution in [2.75, 3.05) is 14.2 Å². The van der Waals surface area contributed by atoms with E-state index in [4.69, 9.17) is 20.3 Å². The largest absolute Gasteiger partial charge is 0.496 e. The van der Waals surface area contributed by atoms with Crippen LogP contribution < -0.4 is 15.2 Å². The van der Waals surface area contributed by atoms with E-state index in [1.165, 1.54) is 20.3 Å². The molecule has 0 fully saturated rings. The lowest BCUT2D eigenvalue weighted by atomic mass is 10.0. The van der Waals surface area contributed by atoms with E-state index in [-0.39, 0.29) is 24.0 Å². The first-order valence-electron chi connectivity index (χ1n) is 5.23. The molecular formula is C12H18ClNO4. The van der Waals surface area contributed by atoms with Crippen LogP contribution in [0.1, 0.15) is 22.8 Å². The SMILES string of the molecule is COc1cc(C(=O)O)c(OC)cc1CC(C)N.Cl. The van der Waals surface area contributed by atoms with Crippen molar-refractivity contribution in [1.29, 1.82) is 0 Å². The number of hydrogen-bond acceptors (Lipinski definition) is 4. The maximum Gasteiger partial charge on any atom is 0.339 e. The molecule has 0 saturated heterocycles. The lowest BCUT2D eigenvalue weighted by Crippen LogP contribution is -2.18. The van der Waals surface area contributed by atoms with E-state index in [1.807, 2.05) is 6.92 Å². The molecule has 0 amide bonds. The van der Waals surface area contributed by atoms with Gasteiger partial charge in [-0.2, -0.15) is 0 Å². The number of benzene rings is 1. The third-order valence-electron chi connectivity index (χ3n) is 2.37. The highest BCUT2D eigenvalue weighted by atomic mass is 35.5. The predicted octanol–water partition coefficient (Wildman–Crippen LogP) is 1.71. The first kappa shape index (κ1) is 16.5. The normalized spacial score (nSPS) is 11.3. The molecule has 6 heteroatoms. The average molecular weight is 276 g/mol. The minimum Gasteiger partial charge on any atom is -0.496 e. The average Bonchev–Trinajstić information content (AvgIpc) is 2.27. The lowest BCUT2D eigenvalue weighted by Gasteiger charge is -2.14. The molecule has 0 saturated carbocycles. The van der Waals surface area contributed by atoms with Gasteiger partial charge in [-0.1, -0.05) is 0 Å². The van der Waals surface area contributed by atoms with Gasteiger partial charge in [-0.15, -0.1) is 12.4 Å². The van der Waals surface area contributed by atoms with Crippen molar-refractivity contribution < 1.29 is 19.4 Å². The Kier molecular flexibility index (Phi) is 6.51. The van der Waals surface area contributed by atoms with Gasteiger partial charge in [0.05, 0.1) is 14.2 Å². The number of nitrogens with two attached hydrogens (primary N) is 1. The van der Waals surface area contributed by atoms with Gasteiger partial charge in [-0.3, -0.25) is 0 Å². The van der Waals surface area contributed by atoms with Gasteiger partial charge in [0.15, 0.2) is 0 Å². The summed E-state index contributed by atoms with van der Waals surface area (Å²) in [5.74, 6) is -0.220. The van der Waals surface area contributed by atoms with Crippen molar-refractivity contribution in [3.05, 3.63) is 23.3 Å². The highest BCUT2D eigenvalue weighted by Gasteiger charge is 2.16. The number of ether oxygens (including phenoxy) is 2. The van der Waals surface area contributed by atoms with E-state index < -0.39 is 5.97 Å². The molecule has 0 heterocycles. The van der Waals surface area contributed by atoms with Crippen LogP contribution in [0.15, 0.2) is 12.1 Å². The Morgan fingerprint density at radius 1 is 1.33 bits per heavy atom. The lowest BCUT2D eigenvalue weighted by molar-refractivity contribution is 0.0693. The summed E-state index contributed by atoms with van der Waals surface area (Å²) in [5, 5.41) is 9.03. The van der Waals surface area contributed by atoms with Crippen LogP contribution in [0, 0.1) is 0 Å². The van der Waals surface area contributed by atoms with Crippen LogP contribution in [0.3, 0.4) is 0 Å². The molecule has 1 aromatic rings. The second-order valence-electron chi connectivity index (χ2n) is 3.85. The fraction of sp³-hybridized carbons (Fsp3) is 0.417. The van der Waals surface area contributed by atoms with Gasteiger partial charge >= 0.3 is 5.97 Å². The molecule has 0 aromatic heterocycles. The van der Waals surface area contributed by atoms with E-state index in [0.717, 1.165) is 5.56 Å². The zero-order valence-electron chi connectivity index (χ0n) is 10.6. The first-order chi connectivity index (χ1) is 7.99. The molecule has 0 aliphatic carbocycles. The monoisotopic (exact) mass is 275 g/mol. The molecule has 0 spiro atoms. The topological polar surface area (TPSA) is 81.8 Å². The fourth-order valence-electron chi connectivity index (χ4n) is 1.63. The van der Waals surface area contributed by atoms with E-state index in [9.17, 15) is 4.79 Å². The van der Waals surface area contributed by atoms with Crippen LogP contribution >= 0.6 is 12.4 Å². The van der Waals surface area contributed by atoms with Gasteiger partial charge in [0.2, 0.25) is 0 Å². The van der Waals surface area contributed by atoms with Gasteiger partial charge in [-0.25, -0.2) is 4.79 Å². The van der Waals surface area contributed by atoms with Crippen molar-refractivity contribution in [3.63, 3.8) is 0 Å². The summed E-state index contributed by atoms with van der Waals surface area (Å²) >= 11 is 0. The summed E-state index contributed by atoms with van der Waals surface area (Å²) in [7, 11) is 2.93. The molecule has 3 N–H and O–H groups in total. The third kappa shape index (κ3) is 3.78.